The molecule has 0 aliphatic heterocycles. The molecule has 0 bridgehead atoms. The highest BCUT2D eigenvalue weighted by Gasteiger charge is 2.17. The second-order valence-corrected chi connectivity index (χ2v) is 5.80. The Morgan fingerprint density at radius 2 is 2.29 bits per heavy atom. The molecule has 6 heteroatoms. The molecule has 17 heavy (non-hydrogen) atoms. The summed E-state index contributed by atoms with van der Waals surface area (Å²) < 4.78 is 1.08. The van der Waals surface area contributed by atoms with Crippen LogP contribution in [0.15, 0.2) is 15.9 Å². The minimum absolute atomic E-state index is 0. The van der Waals surface area contributed by atoms with Gasteiger partial charge in [0, 0.05) is 34.2 Å². The van der Waals surface area contributed by atoms with Gasteiger partial charge in [0.05, 0.1) is 6.54 Å². The quantitative estimate of drug-likeness (QED) is 0.893. The van der Waals surface area contributed by atoms with Crippen molar-refractivity contribution in [3.05, 3.63) is 20.8 Å². The lowest BCUT2D eigenvalue weighted by molar-refractivity contribution is -0.134. The van der Waals surface area contributed by atoms with Crippen LogP contribution < -0.4 is 5.32 Å². The summed E-state index contributed by atoms with van der Waals surface area (Å²) in [5.41, 5.74) is 0. The molecule has 1 rings (SSSR count). The van der Waals surface area contributed by atoms with E-state index >= 15 is 0 Å². The molecule has 1 unspecified atom stereocenters. The Bertz CT molecular complexity index is 359. The Kier molecular flexibility index (Phi) is 8.03. The molecule has 1 N–H and O–H groups in total. The largest absolute Gasteiger partial charge is 0.340 e. The Labute approximate surface area is 121 Å². The maximum atomic E-state index is 11.9. The zero-order chi connectivity index (χ0) is 12.1. The molecule has 1 heterocycles. The van der Waals surface area contributed by atoms with Crippen LogP contribution in [-0.2, 0) is 11.3 Å². The molecule has 1 amide bonds. The van der Waals surface area contributed by atoms with Crippen molar-refractivity contribution in [1.82, 2.24) is 10.2 Å². The number of thiophene rings is 1. The molecular formula is C11H18BrClN2OS. The maximum Gasteiger partial charge on any atom is 0.226 e. The molecule has 0 aromatic carbocycles. The molecule has 0 saturated carbocycles. The number of carbonyl (C=O) groups excluding carboxylic acids is 1. The molecule has 1 aromatic heterocycles. The van der Waals surface area contributed by atoms with Gasteiger partial charge in [-0.2, -0.15) is 0 Å². The third-order valence-electron chi connectivity index (χ3n) is 2.32. The zero-order valence-electron chi connectivity index (χ0n) is 10.2. The summed E-state index contributed by atoms with van der Waals surface area (Å²) in [6.45, 7) is 3.35. The number of carbonyl (C=O) groups is 1. The Hall–Kier alpha value is -0.100. The van der Waals surface area contributed by atoms with E-state index in [-0.39, 0.29) is 24.2 Å². The topological polar surface area (TPSA) is 32.3 Å². The third-order valence-corrected chi connectivity index (χ3v) is 4.01. The molecule has 1 aromatic rings. The van der Waals surface area contributed by atoms with E-state index in [9.17, 15) is 4.79 Å². The van der Waals surface area contributed by atoms with Crippen LogP contribution in [0.1, 0.15) is 11.8 Å². The van der Waals surface area contributed by atoms with Gasteiger partial charge >= 0.3 is 0 Å². The van der Waals surface area contributed by atoms with E-state index in [2.05, 4.69) is 27.3 Å². The molecule has 0 aliphatic carbocycles. The van der Waals surface area contributed by atoms with Crippen LogP contribution in [0.5, 0.6) is 0 Å². The number of nitrogens with zero attached hydrogens (tertiary/aromatic N) is 1. The lowest BCUT2D eigenvalue weighted by Crippen LogP contribution is -2.35. The van der Waals surface area contributed by atoms with Gasteiger partial charge in [0.15, 0.2) is 0 Å². The van der Waals surface area contributed by atoms with E-state index in [1.165, 1.54) is 4.88 Å². The van der Waals surface area contributed by atoms with E-state index in [4.69, 9.17) is 0 Å². The summed E-state index contributed by atoms with van der Waals surface area (Å²) in [6.07, 6.45) is 0. The zero-order valence-corrected chi connectivity index (χ0v) is 13.4. The molecule has 0 saturated heterocycles. The average Bonchev–Trinajstić information content (AvgIpc) is 2.63. The molecule has 3 nitrogen and oxygen atoms in total. The van der Waals surface area contributed by atoms with E-state index in [0.717, 1.165) is 11.0 Å². The second-order valence-electron chi connectivity index (χ2n) is 3.88. The predicted molar refractivity (Wildman–Crippen MR) is 78.8 cm³/mol. The summed E-state index contributed by atoms with van der Waals surface area (Å²) in [7, 11) is 3.71. The second kappa shape index (κ2) is 8.08. The summed E-state index contributed by atoms with van der Waals surface area (Å²) in [5.74, 6) is 0.206. The van der Waals surface area contributed by atoms with Crippen LogP contribution in [0.2, 0.25) is 0 Å². The number of nitrogens with one attached hydrogen (secondary N) is 1. The normalized spacial score (nSPS) is 11.8. The highest BCUT2D eigenvalue weighted by Crippen LogP contribution is 2.21. The van der Waals surface area contributed by atoms with Crippen LogP contribution in [0.4, 0.5) is 0 Å². The van der Waals surface area contributed by atoms with Gasteiger partial charge in [0.25, 0.3) is 0 Å². The highest BCUT2D eigenvalue weighted by atomic mass is 79.9. The summed E-state index contributed by atoms with van der Waals surface area (Å²) in [4.78, 5) is 14.9. The average molecular weight is 342 g/mol. The molecule has 0 fully saturated rings. The molecule has 0 spiro atoms. The number of amides is 1. The van der Waals surface area contributed by atoms with Crippen molar-refractivity contribution in [2.24, 2.45) is 5.92 Å². The van der Waals surface area contributed by atoms with Gasteiger partial charge in [-0.3, -0.25) is 4.79 Å². The smallest absolute Gasteiger partial charge is 0.226 e. The first-order valence-electron chi connectivity index (χ1n) is 5.17. The van der Waals surface area contributed by atoms with Gasteiger partial charge in [0.1, 0.15) is 0 Å². The van der Waals surface area contributed by atoms with Gasteiger partial charge in [-0.05, 0) is 29.0 Å². The van der Waals surface area contributed by atoms with Crippen molar-refractivity contribution in [1.29, 1.82) is 0 Å². The van der Waals surface area contributed by atoms with Crippen LogP contribution >= 0.6 is 39.7 Å². The Morgan fingerprint density at radius 1 is 1.65 bits per heavy atom. The van der Waals surface area contributed by atoms with Crippen molar-refractivity contribution in [2.75, 3.05) is 20.6 Å². The van der Waals surface area contributed by atoms with E-state index in [0.29, 0.717) is 6.54 Å². The molecule has 0 aliphatic rings. The Morgan fingerprint density at radius 3 is 2.76 bits per heavy atom. The number of halogens is 2. The van der Waals surface area contributed by atoms with E-state index < -0.39 is 0 Å². The first kappa shape index (κ1) is 16.9. The predicted octanol–water partition coefficient (Wildman–Crippen LogP) is 2.75. The monoisotopic (exact) mass is 340 g/mol. The number of hydrogen-bond donors (Lipinski definition) is 1. The van der Waals surface area contributed by atoms with Gasteiger partial charge in [-0.1, -0.05) is 6.92 Å². The molecular weight excluding hydrogens is 324 g/mol. The fraction of sp³-hybridized carbons (Fsp3) is 0.545. The first-order chi connectivity index (χ1) is 7.54. The van der Waals surface area contributed by atoms with Gasteiger partial charge in [-0.15, -0.1) is 23.7 Å². The van der Waals surface area contributed by atoms with Gasteiger partial charge in [-0.25, -0.2) is 0 Å². The molecule has 98 valence electrons. The fourth-order valence-electron chi connectivity index (χ4n) is 1.52. The molecule has 1 atom stereocenters. The van der Waals surface area contributed by atoms with Crippen molar-refractivity contribution in [3.8, 4) is 0 Å². The summed E-state index contributed by atoms with van der Waals surface area (Å²) in [6, 6.07) is 2.05. The van der Waals surface area contributed by atoms with Crippen molar-refractivity contribution < 1.29 is 4.79 Å². The van der Waals surface area contributed by atoms with Crippen LogP contribution in [0, 0.1) is 5.92 Å². The van der Waals surface area contributed by atoms with Crippen molar-refractivity contribution in [2.45, 2.75) is 13.5 Å². The minimum Gasteiger partial charge on any atom is -0.340 e. The van der Waals surface area contributed by atoms with Crippen LogP contribution in [0.25, 0.3) is 0 Å². The van der Waals surface area contributed by atoms with E-state index in [1.54, 1.807) is 16.2 Å². The Balaban J connectivity index is 0.00000256. The first-order valence-corrected chi connectivity index (χ1v) is 6.84. The lowest BCUT2D eigenvalue weighted by Gasteiger charge is -2.20. The maximum absolute atomic E-state index is 11.9. The number of hydrogen-bond acceptors (Lipinski definition) is 3. The SMILES string of the molecule is CNCC(C)C(=O)N(C)Cc1cc(Br)cs1.Cl. The van der Waals surface area contributed by atoms with Crippen molar-refractivity contribution in [3.63, 3.8) is 0 Å². The summed E-state index contributed by atoms with van der Waals surface area (Å²) in [5, 5.41) is 5.05. The fourth-order valence-corrected chi connectivity index (χ4v) is 3.02. The number of rotatable bonds is 5. The standard InChI is InChI=1S/C11H17BrN2OS.ClH/c1-8(5-13-2)11(15)14(3)6-10-4-9(12)7-16-10;/h4,7-8,13H,5-6H2,1-3H3;1H. The highest BCUT2D eigenvalue weighted by molar-refractivity contribution is 9.10. The minimum atomic E-state index is 0. The van der Waals surface area contributed by atoms with Crippen LogP contribution in [0.3, 0.4) is 0 Å². The van der Waals surface area contributed by atoms with Crippen LogP contribution in [-0.4, -0.2) is 31.4 Å². The van der Waals surface area contributed by atoms with E-state index in [1.807, 2.05) is 26.4 Å². The van der Waals surface area contributed by atoms with Gasteiger partial charge < -0.3 is 10.2 Å². The third kappa shape index (κ3) is 5.38. The van der Waals surface area contributed by atoms with Gasteiger partial charge in [0.2, 0.25) is 5.91 Å². The summed E-state index contributed by atoms with van der Waals surface area (Å²) >= 11 is 5.07. The molecule has 0 radical (unpaired) electrons. The van der Waals surface area contributed by atoms with Crippen molar-refractivity contribution >= 4 is 45.6 Å². The lowest BCUT2D eigenvalue weighted by atomic mass is 10.1.